The maximum atomic E-state index is 12.8. The summed E-state index contributed by atoms with van der Waals surface area (Å²) in [6, 6.07) is 4.12. The van der Waals surface area contributed by atoms with Gasteiger partial charge in [-0.3, -0.25) is 4.79 Å². The van der Waals surface area contributed by atoms with Gasteiger partial charge in [-0.05, 0) is 55.4 Å². The highest BCUT2D eigenvalue weighted by atomic mass is 16.2. The van der Waals surface area contributed by atoms with Gasteiger partial charge in [-0.2, -0.15) is 0 Å². The van der Waals surface area contributed by atoms with Gasteiger partial charge in [0.2, 0.25) is 0 Å². The van der Waals surface area contributed by atoms with Crippen molar-refractivity contribution in [2.45, 2.75) is 58.9 Å². The molecular formula is C21H27N5O. The molecule has 4 N–H and O–H groups in total. The van der Waals surface area contributed by atoms with E-state index in [0.29, 0.717) is 11.6 Å². The predicted octanol–water partition coefficient (Wildman–Crippen LogP) is 3.96. The Morgan fingerprint density at radius 1 is 1.15 bits per heavy atom. The predicted molar refractivity (Wildman–Crippen MR) is 107 cm³/mol. The molecule has 1 aliphatic carbocycles. The Balaban J connectivity index is 1.83. The molecule has 0 radical (unpaired) electrons. The highest BCUT2D eigenvalue weighted by molar-refractivity contribution is 6.02. The van der Waals surface area contributed by atoms with E-state index in [1.54, 1.807) is 0 Å². The molecule has 1 spiro atoms. The highest BCUT2D eigenvalue weighted by Gasteiger charge is 2.54. The summed E-state index contributed by atoms with van der Waals surface area (Å²) in [7, 11) is 0. The number of anilines is 3. The topological polar surface area (TPSA) is 92.9 Å². The summed E-state index contributed by atoms with van der Waals surface area (Å²) in [6.45, 7) is 8.44. The lowest BCUT2D eigenvalue weighted by molar-refractivity contribution is 0.0576. The number of nitrogens with one attached hydrogen (secondary N) is 2. The lowest BCUT2D eigenvalue weighted by atomic mass is 9.61. The van der Waals surface area contributed by atoms with Crippen LogP contribution in [-0.4, -0.2) is 15.9 Å². The van der Waals surface area contributed by atoms with Crippen LogP contribution < -0.4 is 16.4 Å². The standard InChI is InChI=1S/C21H27N5O/c1-12-9-14(25-18-13(2)17(22)23-11-24-18)10-15-16(12)19(27)26-21(15)8-6-5-7-20(21,3)4/h9-11H,5-8H2,1-4H3,(H,26,27)(H3,22,23,24,25). The van der Waals surface area contributed by atoms with E-state index in [1.807, 2.05) is 19.9 Å². The van der Waals surface area contributed by atoms with Crippen LogP contribution in [0.4, 0.5) is 17.3 Å². The molecule has 1 aromatic carbocycles. The van der Waals surface area contributed by atoms with Gasteiger partial charge in [-0.15, -0.1) is 0 Å². The van der Waals surface area contributed by atoms with Crippen LogP contribution in [-0.2, 0) is 5.54 Å². The first-order valence-electron chi connectivity index (χ1n) is 9.57. The van der Waals surface area contributed by atoms with Crippen molar-refractivity contribution in [2.75, 3.05) is 11.1 Å². The molecule has 1 unspecified atom stereocenters. The summed E-state index contributed by atoms with van der Waals surface area (Å²) >= 11 is 0. The number of nitrogen functional groups attached to an aromatic ring is 1. The summed E-state index contributed by atoms with van der Waals surface area (Å²) < 4.78 is 0. The largest absolute Gasteiger partial charge is 0.383 e. The molecule has 27 heavy (non-hydrogen) atoms. The Morgan fingerprint density at radius 2 is 1.89 bits per heavy atom. The van der Waals surface area contributed by atoms with Crippen LogP contribution in [0.5, 0.6) is 0 Å². The first-order valence-corrected chi connectivity index (χ1v) is 9.57. The van der Waals surface area contributed by atoms with Crippen LogP contribution in [0.15, 0.2) is 18.5 Å². The summed E-state index contributed by atoms with van der Waals surface area (Å²) in [5.41, 5.74) is 10.3. The van der Waals surface area contributed by atoms with Crippen LogP contribution in [0.1, 0.15) is 66.6 Å². The van der Waals surface area contributed by atoms with Crippen LogP contribution in [0.3, 0.4) is 0 Å². The number of fused-ring (bicyclic) bond motifs is 2. The first kappa shape index (κ1) is 17.8. The third-order valence-corrected chi connectivity index (χ3v) is 6.49. The van der Waals surface area contributed by atoms with Gasteiger partial charge in [0, 0.05) is 16.8 Å². The maximum Gasteiger partial charge on any atom is 0.252 e. The minimum atomic E-state index is -0.306. The second-order valence-electron chi connectivity index (χ2n) is 8.52. The Kier molecular flexibility index (Phi) is 3.91. The third-order valence-electron chi connectivity index (χ3n) is 6.49. The van der Waals surface area contributed by atoms with Gasteiger partial charge >= 0.3 is 0 Å². The average molecular weight is 365 g/mol. The summed E-state index contributed by atoms with van der Waals surface area (Å²) in [6.07, 6.45) is 5.87. The van der Waals surface area contributed by atoms with Crippen LogP contribution in [0, 0.1) is 19.3 Å². The number of rotatable bonds is 2. The van der Waals surface area contributed by atoms with E-state index in [1.165, 1.54) is 12.7 Å². The van der Waals surface area contributed by atoms with E-state index in [2.05, 4.69) is 40.5 Å². The molecular weight excluding hydrogens is 338 g/mol. The molecule has 1 aromatic heterocycles. The van der Waals surface area contributed by atoms with Gasteiger partial charge in [-0.1, -0.05) is 26.7 Å². The van der Waals surface area contributed by atoms with Gasteiger partial charge in [0.25, 0.3) is 5.91 Å². The van der Waals surface area contributed by atoms with E-state index < -0.39 is 0 Å². The zero-order valence-electron chi connectivity index (χ0n) is 16.4. The monoisotopic (exact) mass is 365 g/mol. The van der Waals surface area contributed by atoms with Crippen LogP contribution in [0.2, 0.25) is 0 Å². The number of nitrogens with zero attached hydrogens (tertiary/aromatic N) is 2. The zero-order chi connectivity index (χ0) is 19.4. The van der Waals surface area contributed by atoms with Gasteiger partial charge in [0.05, 0.1) is 5.54 Å². The fourth-order valence-corrected chi connectivity index (χ4v) is 4.79. The summed E-state index contributed by atoms with van der Waals surface area (Å²) in [5, 5.41) is 6.74. The van der Waals surface area contributed by atoms with E-state index in [9.17, 15) is 4.79 Å². The number of aromatic nitrogens is 2. The lowest BCUT2D eigenvalue weighted by Crippen LogP contribution is -2.52. The Labute approximate surface area is 160 Å². The molecule has 1 saturated carbocycles. The number of amides is 1. The number of carbonyl (C=O) groups excluding carboxylic acids is 1. The number of benzene rings is 1. The van der Waals surface area contributed by atoms with Crippen molar-refractivity contribution in [3.05, 3.63) is 40.7 Å². The fourth-order valence-electron chi connectivity index (χ4n) is 4.79. The molecule has 6 heteroatoms. The number of carbonyl (C=O) groups is 1. The highest BCUT2D eigenvalue weighted by Crippen LogP contribution is 2.54. The molecule has 1 atom stereocenters. The minimum Gasteiger partial charge on any atom is -0.383 e. The molecule has 1 amide bonds. The van der Waals surface area contributed by atoms with Crippen molar-refractivity contribution >= 4 is 23.2 Å². The Morgan fingerprint density at radius 3 is 2.63 bits per heavy atom. The van der Waals surface area contributed by atoms with Crippen molar-refractivity contribution in [1.82, 2.24) is 15.3 Å². The summed E-state index contributed by atoms with van der Waals surface area (Å²) in [5.74, 6) is 1.20. The van der Waals surface area contributed by atoms with Gasteiger partial charge in [0.15, 0.2) is 0 Å². The van der Waals surface area contributed by atoms with Crippen LogP contribution in [0.25, 0.3) is 0 Å². The van der Waals surface area contributed by atoms with Gasteiger partial charge in [0.1, 0.15) is 18.0 Å². The van der Waals surface area contributed by atoms with E-state index >= 15 is 0 Å². The summed E-state index contributed by atoms with van der Waals surface area (Å²) in [4.78, 5) is 21.2. The van der Waals surface area contributed by atoms with Gasteiger partial charge in [-0.25, -0.2) is 9.97 Å². The van der Waals surface area contributed by atoms with Crippen molar-refractivity contribution in [1.29, 1.82) is 0 Å². The minimum absolute atomic E-state index is 0.00643. The van der Waals surface area contributed by atoms with Crippen molar-refractivity contribution in [3.8, 4) is 0 Å². The van der Waals surface area contributed by atoms with Crippen molar-refractivity contribution in [3.63, 3.8) is 0 Å². The van der Waals surface area contributed by atoms with Gasteiger partial charge < -0.3 is 16.4 Å². The molecule has 6 nitrogen and oxygen atoms in total. The number of hydrogen-bond acceptors (Lipinski definition) is 5. The molecule has 142 valence electrons. The molecule has 0 bridgehead atoms. The van der Waals surface area contributed by atoms with E-state index in [4.69, 9.17) is 5.73 Å². The zero-order valence-corrected chi connectivity index (χ0v) is 16.4. The quantitative estimate of drug-likeness (QED) is 0.749. The molecule has 2 aromatic rings. The number of aryl methyl sites for hydroxylation is 1. The van der Waals surface area contributed by atoms with Crippen molar-refractivity contribution < 1.29 is 4.79 Å². The van der Waals surface area contributed by atoms with Crippen molar-refractivity contribution in [2.24, 2.45) is 5.41 Å². The van der Waals surface area contributed by atoms with Crippen LogP contribution >= 0.6 is 0 Å². The Bertz CT molecular complexity index is 936. The first-order chi connectivity index (χ1) is 12.7. The molecule has 1 aliphatic heterocycles. The SMILES string of the molecule is Cc1cc(Nc2ncnc(N)c2C)cc2c1C(=O)NC21CCCCC1(C)C. The maximum absolute atomic E-state index is 12.8. The second kappa shape index (κ2) is 5.94. The molecule has 1 fully saturated rings. The lowest BCUT2D eigenvalue weighted by Gasteiger charge is -2.48. The average Bonchev–Trinajstić information content (AvgIpc) is 2.89. The normalized spacial score (nSPS) is 23.2. The van der Waals surface area contributed by atoms with E-state index in [-0.39, 0.29) is 16.9 Å². The van der Waals surface area contributed by atoms with E-state index in [0.717, 1.165) is 47.2 Å². The fraction of sp³-hybridized carbons (Fsp3) is 0.476. The molecule has 4 rings (SSSR count). The molecule has 2 aliphatic rings. The number of hydrogen-bond donors (Lipinski definition) is 3. The second-order valence-corrected chi connectivity index (χ2v) is 8.52. The third kappa shape index (κ3) is 2.58. The Hall–Kier alpha value is -2.63. The molecule has 0 saturated heterocycles. The molecule has 2 heterocycles. The number of nitrogens with two attached hydrogens (primary N) is 1. The smallest absolute Gasteiger partial charge is 0.252 e.